The van der Waals surface area contributed by atoms with Crippen LogP contribution in [0.5, 0.6) is 0 Å². The Morgan fingerprint density at radius 2 is 1.57 bits per heavy atom. The Labute approximate surface area is 204 Å². The highest BCUT2D eigenvalue weighted by Gasteiger charge is 2.32. The van der Waals surface area contributed by atoms with Gasteiger partial charge in [0.2, 0.25) is 5.91 Å². The number of amides is 2. The topological polar surface area (TPSA) is 139 Å². The lowest BCUT2D eigenvalue weighted by Gasteiger charge is -2.28. The minimum absolute atomic E-state index is 0.0344. The third-order valence-electron chi connectivity index (χ3n) is 5.68. The molecular weight excluding hydrogens is 472 g/mol. The molecule has 35 heavy (non-hydrogen) atoms. The molecule has 0 spiro atoms. The highest BCUT2D eigenvalue weighted by molar-refractivity contribution is 7.90. The molecule has 2 aromatic carbocycles. The van der Waals surface area contributed by atoms with Crippen molar-refractivity contribution in [1.82, 2.24) is 10.6 Å². The predicted octanol–water partition coefficient (Wildman–Crippen LogP) is 2.70. The quantitative estimate of drug-likeness (QED) is 0.454. The van der Waals surface area contributed by atoms with Gasteiger partial charge in [0, 0.05) is 24.1 Å². The average Bonchev–Trinajstić information content (AvgIpc) is 3.06. The number of hydrogen-bond acceptors (Lipinski definition) is 6. The zero-order valence-corrected chi connectivity index (χ0v) is 20.7. The number of alkyl carbamates (subject to hydrolysis) is 1. The second-order valence-corrected chi connectivity index (χ2v) is 11.5. The number of sulfone groups is 1. The van der Waals surface area contributed by atoms with Crippen molar-refractivity contribution in [2.24, 2.45) is 0 Å². The number of fused-ring (bicyclic) bond motifs is 3. The first-order valence-corrected chi connectivity index (χ1v) is 13.3. The van der Waals surface area contributed by atoms with Gasteiger partial charge < -0.3 is 20.5 Å². The molecular formula is C25H30N2O7S. The number of carbonyl (C=O) groups excluding carboxylic acids is 2. The molecule has 0 heterocycles. The Kier molecular flexibility index (Phi) is 7.84. The highest BCUT2D eigenvalue weighted by atomic mass is 32.2. The third-order valence-corrected chi connectivity index (χ3v) is 6.93. The lowest BCUT2D eigenvalue weighted by Crippen LogP contribution is -2.55. The van der Waals surface area contributed by atoms with Crippen molar-refractivity contribution < 1.29 is 32.6 Å². The Morgan fingerprint density at radius 1 is 1.03 bits per heavy atom. The number of benzene rings is 2. The summed E-state index contributed by atoms with van der Waals surface area (Å²) in [4.78, 5) is 36.5. The molecule has 1 unspecified atom stereocenters. The number of hydrogen-bond donors (Lipinski definition) is 3. The Balaban J connectivity index is 1.68. The Bertz CT molecular complexity index is 1180. The van der Waals surface area contributed by atoms with E-state index in [1.54, 1.807) is 0 Å². The van der Waals surface area contributed by atoms with Crippen molar-refractivity contribution in [1.29, 1.82) is 0 Å². The second-order valence-electron chi connectivity index (χ2n) is 9.40. The Hall–Kier alpha value is -3.40. The van der Waals surface area contributed by atoms with E-state index in [0.717, 1.165) is 28.5 Å². The summed E-state index contributed by atoms with van der Waals surface area (Å²) in [6, 6.07) is 14.5. The molecule has 0 saturated heterocycles. The van der Waals surface area contributed by atoms with E-state index < -0.39 is 39.4 Å². The molecule has 10 heteroatoms. The molecule has 1 aliphatic rings. The summed E-state index contributed by atoms with van der Waals surface area (Å²) in [5.74, 6) is -2.31. The summed E-state index contributed by atoms with van der Waals surface area (Å²) in [6.45, 7) is 3.10. The third kappa shape index (κ3) is 7.05. The molecule has 1 atom stereocenters. The number of aliphatic carboxylic acids is 1. The largest absolute Gasteiger partial charge is 0.481 e. The molecule has 3 rings (SSSR count). The molecule has 0 aromatic heterocycles. The van der Waals surface area contributed by atoms with Crippen LogP contribution in [0.3, 0.4) is 0 Å². The van der Waals surface area contributed by atoms with Crippen molar-refractivity contribution >= 4 is 27.8 Å². The Morgan fingerprint density at radius 3 is 2.09 bits per heavy atom. The van der Waals surface area contributed by atoms with E-state index in [2.05, 4.69) is 10.6 Å². The van der Waals surface area contributed by atoms with E-state index in [0.29, 0.717) is 0 Å². The summed E-state index contributed by atoms with van der Waals surface area (Å²) in [6.07, 6.45) is -0.356. The zero-order valence-electron chi connectivity index (χ0n) is 19.9. The minimum Gasteiger partial charge on any atom is -0.481 e. The van der Waals surface area contributed by atoms with Gasteiger partial charge in [0.25, 0.3) is 0 Å². The van der Waals surface area contributed by atoms with Crippen LogP contribution in [0.2, 0.25) is 0 Å². The first kappa shape index (κ1) is 26.2. The van der Waals surface area contributed by atoms with E-state index in [9.17, 15) is 22.8 Å². The fourth-order valence-electron chi connectivity index (χ4n) is 4.43. The lowest BCUT2D eigenvalue weighted by molar-refractivity contribution is -0.137. The van der Waals surface area contributed by atoms with Crippen molar-refractivity contribution in [3.8, 4) is 11.1 Å². The maximum Gasteiger partial charge on any atom is 0.407 e. The maximum absolute atomic E-state index is 12.8. The van der Waals surface area contributed by atoms with Gasteiger partial charge in [0.05, 0.1) is 5.75 Å². The summed E-state index contributed by atoms with van der Waals surface area (Å²) in [5, 5.41) is 14.1. The molecule has 3 N–H and O–H groups in total. The molecule has 2 aromatic rings. The van der Waals surface area contributed by atoms with Crippen LogP contribution in [0.4, 0.5) is 4.79 Å². The first-order chi connectivity index (χ1) is 16.4. The number of carboxylic acids is 1. The SMILES string of the molecule is CC(C)(CS(C)(=O)=O)NC(=O)C(CCC(=O)O)NC(=O)OCC1c2ccccc2-c2ccccc21. The lowest BCUT2D eigenvalue weighted by atomic mass is 9.98. The summed E-state index contributed by atoms with van der Waals surface area (Å²) < 4.78 is 28.8. The van der Waals surface area contributed by atoms with Gasteiger partial charge in [-0.25, -0.2) is 13.2 Å². The van der Waals surface area contributed by atoms with E-state index in [4.69, 9.17) is 9.84 Å². The number of rotatable bonds is 10. The van der Waals surface area contributed by atoms with Gasteiger partial charge >= 0.3 is 12.1 Å². The van der Waals surface area contributed by atoms with E-state index in [1.165, 1.54) is 13.8 Å². The molecule has 9 nitrogen and oxygen atoms in total. The van der Waals surface area contributed by atoms with Crippen molar-refractivity contribution in [2.45, 2.75) is 44.2 Å². The van der Waals surface area contributed by atoms with Gasteiger partial charge in [0.1, 0.15) is 22.5 Å². The fraction of sp³-hybridized carbons (Fsp3) is 0.400. The molecule has 0 aliphatic heterocycles. The van der Waals surface area contributed by atoms with Crippen molar-refractivity contribution in [3.05, 3.63) is 59.7 Å². The molecule has 0 fully saturated rings. The highest BCUT2D eigenvalue weighted by Crippen LogP contribution is 2.44. The molecule has 0 radical (unpaired) electrons. The standard InChI is InChI=1S/C25H30N2O7S/c1-25(2,15-35(3,32)33)27-23(30)21(12-13-22(28)29)26-24(31)34-14-20-18-10-6-4-8-16(18)17-9-5-7-11-19(17)20/h4-11,20-21H,12-15H2,1-3H3,(H,26,31)(H,27,30)(H,28,29). The van der Waals surface area contributed by atoms with E-state index >= 15 is 0 Å². The zero-order chi connectivity index (χ0) is 25.8. The molecule has 0 saturated carbocycles. The minimum atomic E-state index is -3.39. The smallest absolute Gasteiger partial charge is 0.407 e. The van der Waals surface area contributed by atoms with Crippen LogP contribution in [0.15, 0.2) is 48.5 Å². The van der Waals surface area contributed by atoms with Crippen LogP contribution in [0.1, 0.15) is 43.7 Å². The van der Waals surface area contributed by atoms with Crippen molar-refractivity contribution in [3.63, 3.8) is 0 Å². The van der Waals surface area contributed by atoms with Gasteiger partial charge in [-0.15, -0.1) is 0 Å². The molecule has 188 valence electrons. The normalized spacial score (nSPS) is 13.9. The average molecular weight is 503 g/mol. The summed E-state index contributed by atoms with van der Waals surface area (Å²) in [7, 11) is -3.39. The van der Waals surface area contributed by atoms with Gasteiger partial charge in [-0.05, 0) is 42.5 Å². The van der Waals surface area contributed by atoms with Gasteiger partial charge in [-0.2, -0.15) is 0 Å². The van der Waals surface area contributed by atoms with Gasteiger partial charge in [-0.3, -0.25) is 9.59 Å². The summed E-state index contributed by atoms with van der Waals surface area (Å²) in [5.41, 5.74) is 3.09. The van der Waals surface area contributed by atoms with Crippen LogP contribution in [0, 0.1) is 0 Å². The van der Waals surface area contributed by atoms with Crippen LogP contribution >= 0.6 is 0 Å². The molecule has 1 aliphatic carbocycles. The van der Waals surface area contributed by atoms with Crippen LogP contribution in [-0.2, 0) is 24.2 Å². The first-order valence-electron chi connectivity index (χ1n) is 11.2. The molecule has 0 bridgehead atoms. The van der Waals surface area contributed by atoms with E-state index in [-0.39, 0.29) is 31.1 Å². The summed E-state index contributed by atoms with van der Waals surface area (Å²) >= 11 is 0. The van der Waals surface area contributed by atoms with Crippen LogP contribution in [0.25, 0.3) is 11.1 Å². The number of ether oxygens (including phenoxy) is 1. The number of carboxylic acid groups (broad SMARTS) is 1. The van der Waals surface area contributed by atoms with Gasteiger partial charge in [0.15, 0.2) is 0 Å². The van der Waals surface area contributed by atoms with Crippen molar-refractivity contribution in [2.75, 3.05) is 18.6 Å². The number of carbonyl (C=O) groups is 3. The van der Waals surface area contributed by atoms with E-state index in [1.807, 2.05) is 48.5 Å². The van der Waals surface area contributed by atoms with Crippen LogP contribution < -0.4 is 10.6 Å². The fourth-order valence-corrected chi connectivity index (χ4v) is 5.81. The second kappa shape index (κ2) is 10.5. The predicted molar refractivity (Wildman–Crippen MR) is 131 cm³/mol. The monoisotopic (exact) mass is 502 g/mol. The molecule has 2 amide bonds. The van der Waals surface area contributed by atoms with Gasteiger partial charge in [-0.1, -0.05) is 48.5 Å². The maximum atomic E-state index is 12.8. The van der Waals surface area contributed by atoms with Crippen LogP contribution in [-0.4, -0.2) is 61.7 Å². The number of nitrogens with one attached hydrogen (secondary N) is 2.